The number of nitrogens with zero attached hydrogens (tertiary/aromatic N) is 5. The van der Waals surface area contributed by atoms with Crippen LogP contribution in [0.15, 0.2) is 96.5 Å². The molecule has 0 radical (unpaired) electrons. The Labute approximate surface area is 456 Å². The second-order valence-corrected chi connectivity index (χ2v) is 18.2. The fourth-order valence-electron chi connectivity index (χ4n) is 4.83. The fraction of sp³-hybridized carbons (Fsp3) is 0.103. The molecule has 0 bridgehead atoms. The van der Waals surface area contributed by atoms with Gasteiger partial charge in [-0.2, -0.15) is 19.3 Å². The summed E-state index contributed by atoms with van der Waals surface area (Å²) in [5.41, 5.74) is -0.385. The molecule has 5 rings (SSSR count). The monoisotopic (exact) mass is 1020 g/mol. The van der Waals surface area contributed by atoms with E-state index in [1.807, 2.05) is 0 Å². The molecule has 1 amide bonds. The molecule has 63 heavy (non-hydrogen) atoms. The Hall–Kier alpha value is -1.02. The first-order chi connectivity index (χ1) is 27.5. The van der Waals surface area contributed by atoms with Crippen LogP contribution in [0.5, 0.6) is 0 Å². The Morgan fingerprint density at radius 3 is 1.87 bits per heavy atom. The van der Waals surface area contributed by atoms with E-state index in [0.29, 0.717) is 0 Å². The van der Waals surface area contributed by atoms with Gasteiger partial charge in [0.25, 0.3) is 0 Å². The van der Waals surface area contributed by atoms with Crippen LogP contribution in [0.2, 0.25) is 5.28 Å². The van der Waals surface area contributed by atoms with Gasteiger partial charge in [0.05, 0.1) is 44.8 Å². The van der Waals surface area contributed by atoms with Gasteiger partial charge in [-0.05, 0) is 83.7 Å². The van der Waals surface area contributed by atoms with Crippen LogP contribution in [-0.4, -0.2) is 80.5 Å². The normalized spacial score (nSPS) is 11.7. The molecule has 0 saturated carbocycles. The molecule has 0 spiro atoms. The van der Waals surface area contributed by atoms with Gasteiger partial charge in [-0.15, -0.1) is 10.2 Å². The molecular formula is C29H21ClN8Na4O16S5. The molecule has 24 nitrogen and oxygen atoms in total. The first-order valence-corrected chi connectivity index (χ1v) is 22.3. The average molecular weight is 1030 g/mol. The summed E-state index contributed by atoms with van der Waals surface area (Å²) in [5.74, 6) is -1.67. The van der Waals surface area contributed by atoms with Crippen LogP contribution in [0.25, 0.3) is 10.8 Å². The standard InChI is InChI=1S/C29H25ClN8O16S5.4Na/c1-15(39)31-23-12-18(33-29-35-27(30)34-28(36-29)32-17-2-5-20(6-3-17)56(41,42)9-8-52-59(49,50)51)4-7-22(23)37-38-24-14-21-16(11-26(24)58(46,47)48)10-19(55-54-53-40)13-25(21)57(43,44)45;;;;/h2-7,10-14,40H,8-9H2,1H3,(H,31,39)(H,43,44,45)(H,46,47,48)(H,49,50,51)(H2,32,33,34,35,36);;;;/q;4*+1/p-4. The number of carbonyl (C=O) groups excluding carboxylic acids is 1. The number of fused-ring (bicyclic) bond motifs is 1. The van der Waals surface area contributed by atoms with Gasteiger partial charge in [-0.3, -0.25) is 14.0 Å². The summed E-state index contributed by atoms with van der Waals surface area (Å²) in [7, 11) is -19.7. The van der Waals surface area contributed by atoms with Crippen molar-refractivity contribution in [2.45, 2.75) is 26.5 Å². The van der Waals surface area contributed by atoms with Gasteiger partial charge >= 0.3 is 118 Å². The summed E-state index contributed by atoms with van der Waals surface area (Å²) < 4.78 is 138. The maximum Gasteiger partial charge on any atom is 1.00 e. The maximum atomic E-state index is 12.5. The summed E-state index contributed by atoms with van der Waals surface area (Å²) in [6.45, 7) is 0.273. The number of amides is 1. The first kappa shape index (κ1) is 60.0. The van der Waals surface area contributed by atoms with Crippen LogP contribution in [0.4, 0.5) is 40.3 Å². The van der Waals surface area contributed by atoms with Gasteiger partial charge in [-0.1, -0.05) is 0 Å². The number of anilines is 5. The minimum atomic E-state index is -5.33. The van der Waals surface area contributed by atoms with Crippen molar-refractivity contribution < 1.29 is 189 Å². The Morgan fingerprint density at radius 1 is 0.746 bits per heavy atom. The fourth-order valence-corrected chi connectivity index (χ4v) is 8.34. The molecule has 0 unspecified atom stereocenters. The van der Waals surface area contributed by atoms with E-state index in [1.165, 1.54) is 42.5 Å². The van der Waals surface area contributed by atoms with Crippen LogP contribution in [0.1, 0.15) is 6.92 Å². The Bertz CT molecular complexity index is 2950. The van der Waals surface area contributed by atoms with Gasteiger partial charge in [0.1, 0.15) is 31.6 Å². The molecule has 34 heteroatoms. The number of halogens is 1. The van der Waals surface area contributed by atoms with Crippen LogP contribution in [0.3, 0.4) is 0 Å². The van der Waals surface area contributed by atoms with Crippen molar-refractivity contribution in [1.82, 2.24) is 15.0 Å². The van der Waals surface area contributed by atoms with E-state index >= 15 is 0 Å². The second-order valence-electron chi connectivity index (χ2n) is 11.3. The molecule has 0 aliphatic carbocycles. The molecule has 0 fully saturated rings. The van der Waals surface area contributed by atoms with Crippen LogP contribution < -0.4 is 139 Å². The van der Waals surface area contributed by atoms with Crippen LogP contribution in [-0.2, 0) is 58.8 Å². The van der Waals surface area contributed by atoms with E-state index in [9.17, 15) is 57.4 Å². The number of hydrogen-bond acceptors (Lipinski definition) is 24. The number of hydrogen-bond donors (Lipinski definition) is 3. The number of carbonyl (C=O) groups is 1. The predicted octanol–water partition coefficient (Wildman–Crippen LogP) is -9.16. The number of benzene rings is 4. The van der Waals surface area contributed by atoms with Gasteiger partial charge in [0.2, 0.25) is 33.5 Å². The van der Waals surface area contributed by atoms with Gasteiger partial charge in [0.15, 0.2) is 9.84 Å². The third-order valence-electron chi connectivity index (χ3n) is 7.15. The number of azo groups is 1. The van der Waals surface area contributed by atoms with Gasteiger partial charge < -0.3 is 34.9 Å². The molecule has 314 valence electrons. The second kappa shape index (κ2) is 25.4. The van der Waals surface area contributed by atoms with Crippen molar-refractivity contribution in [3.8, 4) is 0 Å². The average Bonchev–Trinajstić information content (AvgIpc) is 3.11. The largest absolute Gasteiger partial charge is 1.00 e. The van der Waals surface area contributed by atoms with Crippen molar-refractivity contribution >= 4 is 121 Å². The zero-order chi connectivity index (χ0) is 43.3. The zero-order valence-corrected chi connectivity index (χ0v) is 45.8. The van der Waals surface area contributed by atoms with Gasteiger partial charge in [-0.25, -0.2) is 33.7 Å². The minimum absolute atomic E-state index is 0. The van der Waals surface area contributed by atoms with E-state index in [1.54, 1.807) is 0 Å². The molecular weight excluding hydrogens is 1000 g/mol. The summed E-state index contributed by atoms with van der Waals surface area (Å²) in [4.78, 5) is 22.0. The van der Waals surface area contributed by atoms with E-state index in [2.05, 4.69) is 54.7 Å². The zero-order valence-electron chi connectivity index (χ0n) is 33.0. The Morgan fingerprint density at radius 2 is 1.32 bits per heavy atom. The molecule has 1 aromatic heterocycles. The molecule has 5 aromatic rings. The first-order valence-electron chi connectivity index (χ1n) is 15.4. The van der Waals surface area contributed by atoms with E-state index in [0.717, 1.165) is 31.2 Å². The number of sulfone groups is 1. The Kier molecular flexibility index (Phi) is 24.2. The summed E-state index contributed by atoms with van der Waals surface area (Å²) >= 11 is 6.29. The third kappa shape index (κ3) is 17.9. The van der Waals surface area contributed by atoms with Crippen molar-refractivity contribution in [3.63, 3.8) is 0 Å². The maximum absolute atomic E-state index is 12.5. The molecule has 4 aromatic carbocycles. The summed E-state index contributed by atoms with van der Waals surface area (Å²) in [6, 6.07) is 12.5. The number of rotatable bonds is 17. The molecule has 0 aliphatic heterocycles. The van der Waals surface area contributed by atoms with Crippen LogP contribution in [0, 0.1) is 0 Å². The number of nitrogens with one attached hydrogen (secondary N) is 3. The quantitative estimate of drug-likeness (QED) is 0.0148. The van der Waals surface area contributed by atoms with Crippen LogP contribution >= 0.6 is 23.6 Å². The van der Waals surface area contributed by atoms with Crippen molar-refractivity contribution in [1.29, 1.82) is 0 Å². The summed E-state index contributed by atoms with van der Waals surface area (Å²) in [5, 5.41) is 28.4. The predicted molar refractivity (Wildman–Crippen MR) is 198 cm³/mol. The molecule has 0 atom stereocenters. The van der Waals surface area contributed by atoms with E-state index in [4.69, 9.17) is 11.6 Å². The van der Waals surface area contributed by atoms with Crippen molar-refractivity contribution in [3.05, 3.63) is 72.0 Å². The topological polar surface area (TPSA) is 373 Å². The van der Waals surface area contributed by atoms with E-state index < -0.39 is 74.2 Å². The third-order valence-corrected chi connectivity index (χ3v) is 11.8. The SMILES string of the molecule is CC(=O)Nc1cc(Nc2nc(Cl)nc(Nc3ccc(S(=O)(=O)CCOS(=O)(=O)[O-])cc3)n2)ccc1N=Nc1cc2c(S(=O)(=O)[O-])cc(SOO[O-])cc2cc1S(=O)(=O)[O-].[Na+].[Na+].[Na+].[Na+]. The molecule has 3 N–H and O–H groups in total. The Balaban J connectivity index is 0.00000496. The van der Waals surface area contributed by atoms with E-state index in [-0.39, 0.29) is 191 Å². The molecule has 1 heterocycles. The minimum Gasteiger partial charge on any atom is -0.744 e. The molecule has 0 saturated heterocycles. The van der Waals surface area contributed by atoms with Gasteiger partial charge in [0, 0.05) is 28.6 Å². The van der Waals surface area contributed by atoms with Crippen molar-refractivity contribution in [2.24, 2.45) is 10.2 Å². The number of aromatic nitrogens is 3. The summed E-state index contributed by atoms with van der Waals surface area (Å²) in [6.07, 6.45) is 0. The molecule has 0 aliphatic rings. The van der Waals surface area contributed by atoms with Crippen molar-refractivity contribution in [2.75, 3.05) is 28.3 Å². The smallest absolute Gasteiger partial charge is 0.744 e.